The Morgan fingerprint density at radius 1 is 1.00 bits per heavy atom. The lowest BCUT2D eigenvalue weighted by molar-refractivity contribution is -0.123. The summed E-state index contributed by atoms with van der Waals surface area (Å²) in [5, 5.41) is 3.33. The van der Waals surface area contributed by atoms with E-state index >= 15 is 0 Å². The van der Waals surface area contributed by atoms with E-state index in [0.29, 0.717) is 10.9 Å². The number of hydrogen-bond donors (Lipinski definition) is 3. The molecule has 0 spiro atoms. The summed E-state index contributed by atoms with van der Waals surface area (Å²) >= 11 is 5.16. The molecular weight excluding hydrogens is 322 g/mol. The van der Waals surface area contributed by atoms with E-state index in [1.54, 1.807) is 6.07 Å². The second-order valence-electron chi connectivity index (χ2n) is 5.61. The Morgan fingerprint density at radius 3 is 2.38 bits per heavy atom. The number of rotatable bonds is 4. The first-order valence-electron chi connectivity index (χ1n) is 7.56. The van der Waals surface area contributed by atoms with Crippen molar-refractivity contribution in [3.05, 3.63) is 59.2 Å². The van der Waals surface area contributed by atoms with Gasteiger partial charge in [-0.15, -0.1) is 0 Å². The summed E-state index contributed by atoms with van der Waals surface area (Å²) in [6, 6.07) is 13.5. The molecule has 0 saturated carbocycles. The maximum absolute atomic E-state index is 11.8. The minimum Gasteiger partial charge on any atom is -0.484 e. The van der Waals surface area contributed by atoms with Crippen molar-refractivity contribution in [1.29, 1.82) is 0 Å². The summed E-state index contributed by atoms with van der Waals surface area (Å²) in [6.07, 6.45) is 0. The topological polar surface area (TPSA) is 62.4 Å². The van der Waals surface area contributed by atoms with Gasteiger partial charge < -0.3 is 10.1 Å². The fraction of sp³-hybridized carbons (Fsp3) is 0.222. The summed E-state index contributed by atoms with van der Waals surface area (Å²) < 4.78 is 5.41. The van der Waals surface area contributed by atoms with E-state index in [-0.39, 0.29) is 12.5 Å². The SMILES string of the molecule is Cc1cc(C)cc(NC(=S)NNC(=O)COc2cccc(C)c2)c1. The van der Waals surface area contributed by atoms with Crippen LogP contribution in [0.4, 0.5) is 5.69 Å². The van der Waals surface area contributed by atoms with Gasteiger partial charge in [-0.25, -0.2) is 0 Å². The lowest BCUT2D eigenvalue weighted by atomic mass is 10.1. The van der Waals surface area contributed by atoms with Crippen molar-refractivity contribution in [1.82, 2.24) is 10.9 Å². The molecule has 1 amide bonds. The number of hydrazine groups is 1. The zero-order valence-corrected chi connectivity index (χ0v) is 14.8. The molecular formula is C18H21N3O2S. The number of anilines is 1. The van der Waals surface area contributed by atoms with Gasteiger partial charge in [0.05, 0.1) is 0 Å². The molecule has 0 aromatic heterocycles. The number of thiocarbonyl (C=S) groups is 1. The normalized spacial score (nSPS) is 9.96. The maximum Gasteiger partial charge on any atom is 0.276 e. The van der Waals surface area contributed by atoms with Crippen molar-refractivity contribution in [2.75, 3.05) is 11.9 Å². The van der Waals surface area contributed by atoms with Crippen molar-refractivity contribution in [2.45, 2.75) is 20.8 Å². The van der Waals surface area contributed by atoms with E-state index in [1.165, 1.54) is 0 Å². The molecule has 2 aromatic rings. The van der Waals surface area contributed by atoms with Crippen LogP contribution in [-0.2, 0) is 4.79 Å². The fourth-order valence-corrected chi connectivity index (χ4v) is 2.39. The molecule has 0 saturated heterocycles. The molecule has 24 heavy (non-hydrogen) atoms. The van der Waals surface area contributed by atoms with E-state index in [9.17, 15) is 4.79 Å². The molecule has 0 unspecified atom stereocenters. The van der Waals surface area contributed by atoms with Crippen molar-refractivity contribution >= 4 is 28.9 Å². The molecule has 0 radical (unpaired) electrons. The highest BCUT2D eigenvalue weighted by atomic mass is 32.1. The highest BCUT2D eigenvalue weighted by molar-refractivity contribution is 7.80. The lowest BCUT2D eigenvalue weighted by Gasteiger charge is -2.13. The smallest absolute Gasteiger partial charge is 0.276 e. The number of amides is 1. The van der Waals surface area contributed by atoms with Crippen LogP contribution in [0.1, 0.15) is 16.7 Å². The van der Waals surface area contributed by atoms with Gasteiger partial charge in [-0.2, -0.15) is 0 Å². The number of carbonyl (C=O) groups is 1. The van der Waals surface area contributed by atoms with Gasteiger partial charge in [0.25, 0.3) is 5.91 Å². The van der Waals surface area contributed by atoms with E-state index in [1.807, 2.05) is 51.1 Å². The van der Waals surface area contributed by atoms with Crippen molar-refractivity contribution in [3.63, 3.8) is 0 Å². The Bertz CT molecular complexity index is 727. The van der Waals surface area contributed by atoms with Gasteiger partial charge in [0.2, 0.25) is 0 Å². The Kier molecular flexibility index (Phi) is 6.14. The third kappa shape index (κ3) is 5.89. The molecule has 0 bridgehead atoms. The Hall–Kier alpha value is -2.60. The highest BCUT2D eigenvalue weighted by Crippen LogP contribution is 2.13. The van der Waals surface area contributed by atoms with Crippen LogP contribution in [0.15, 0.2) is 42.5 Å². The summed E-state index contributed by atoms with van der Waals surface area (Å²) in [5.74, 6) is 0.335. The molecule has 0 aliphatic carbocycles. The summed E-state index contributed by atoms with van der Waals surface area (Å²) in [6.45, 7) is 5.90. The second-order valence-corrected chi connectivity index (χ2v) is 6.02. The van der Waals surface area contributed by atoms with Crippen LogP contribution in [-0.4, -0.2) is 17.6 Å². The van der Waals surface area contributed by atoms with E-state index in [0.717, 1.165) is 22.4 Å². The number of hydrogen-bond acceptors (Lipinski definition) is 3. The Balaban J connectivity index is 1.75. The first-order chi connectivity index (χ1) is 11.4. The van der Waals surface area contributed by atoms with Crippen molar-refractivity contribution in [2.24, 2.45) is 0 Å². The fourth-order valence-electron chi connectivity index (χ4n) is 2.23. The summed E-state index contributed by atoms with van der Waals surface area (Å²) in [4.78, 5) is 11.8. The number of aryl methyl sites for hydroxylation is 3. The number of benzene rings is 2. The minimum absolute atomic E-state index is 0.0946. The molecule has 2 aromatic carbocycles. The molecule has 5 nitrogen and oxygen atoms in total. The summed E-state index contributed by atoms with van der Waals surface area (Å²) in [7, 11) is 0. The van der Waals surface area contributed by atoms with Crippen LogP contribution >= 0.6 is 12.2 Å². The molecule has 0 aliphatic heterocycles. The zero-order valence-electron chi connectivity index (χ0n) is 14.0. The molecule has 0 heterocycles. The van der Waals surface area contributed by atoms with Crippen LogP contribution in [0.3, 0.4) is 0 Å². The molecule has 0 fully saturated rings. The van der Waals surface area contributed by atoms with Crippen LogP contribution in [0, 0.1) is 20.8 Å². The predicted octanol–water partition coefficient (Wildman–Crippen LogP) is 3.01. The van der Waals surface area contributed by atoms with Gasteiger partial charge >= 0.3 is 0 Å². The Morgan fingerprint density at radius 2 is 1.71 bits per heavy atom. The van der Waals surface area contributed by atoms with Gasteiger partial charge in [-0.05, 0) is 73.9 Å². The highest BCUT2D eigenvalue weighted by Gasteiger charge is 2.04. The maximum atomic E-state index is 11.8. The van der Waals surface area contributed by atoms with Gasteiger partial charge in [0, 0.05) is 5.69 Å². The number of carbonyl (C=O) groups excluding carboxylic acids is 1. The standard InChI is InChI=1S/C18H21N3O2S/c1-12-5-4-6-16(10-12)23-11-17(22)20-21-18(24)19-15-8-13(2)7-14(3)9-15/h4-10H,11H2,1-3H3,(H,20,22)(H2,19,21,24). The third-order valence-corrected chi connectivity index (χ3v) is 3.36. The van der Waals surface area contributed by atoms with Gasteiger partial charge in [-0.3, -0.25) is 15.6 Å². The van der Waals surface area contributed by atoms with Gasteiger partial charge in [-0.1, -0.05) is 18.2 Å². The lowest BCUT2D eigenvalue weighted by Crippen LogP contribution is -2.45. The average Bonchev–Trinajstić information content (AvgIpc) is 2.50. The molecule has 6 heteroatoms. The van der Waals surface area contributed by atoms with Crippen molar-refractivity contribution < 1.29 is 9.53 Å². The van der Waals surface area contributed by atoms with Crippen molar-refractivity contribution in [3.8, 4) is 5.75 Å². The molecule has 0 atom stereocenters. The van der Waals surface area contributed by atoms with Crippen LogP contribution in [0.25, 0.3) is 0 Å². The van der Waals surface area contributed by atoms with E-state index < -0.39 is 0 Å². The van der Waals surface area contributed by atoms with Crippen LogP contribution in [0.5, 0.6) is 5.75 Å². The summed E-state index contributed by atoms with van der Waals surface area (Å²) in [5.41, 5.74) is 9.37. The molecule has 126 valence electrons. The van der Waals surface area contributed by atoms with E-state index in [4.69, 9.17) is 17.0 Å². The van der Waals surface area contributed by atoms with E-state index in [2.05, 4.69) is 22.2 Å². The first kappa shape index (κ1) is 17.7. The molecule has 0 aliphatic rings. The number of nitrogens with one attached hydrogen (secondary N) is 3. The minimum atomic E-state index is -0.318. The Labute approximate surface area is 147 Å². The average molecular weight is 343 g/mol. The van der Waals surface area contributed by atoms with Crippen LogP contribution in [0.2, 0.25) is 0 Å². The third-order valence-electron chi connectivity index (χ3n) is 3.15. The number of ether oxygens (including phenoxy) is 1. The van der Waals surface area contributed by atoms with Gasteiger partial charge in [0.15, 0.2) is 11.7 Å². The van der Waals surface area contributed by atoms with Gasteiger partial charge in [0.1, 0.15) is 5.75 Å². The predicted molar refractivity (Wildman–Crippen MR) is 100 cm³/mol. The molecule has 3 N–H and O–H groups in total. The first-order valence-corrected chi connectivity index (χ1v) is 7.97. The quantitative estimate of drug-likeness (QED) is 0.588. The van der Waals surface area contributed by atoms with Crippen LogP contribution < -0.4 is 20.9 Å². The monoisotopic (exact) mass is 343 g/mol. The largest absolute Gasteiger partial charge is 0.484 e. The zero-order chi connectivity index (χ0) is 17.5. The second kappa shape index (κ2) is 8.31. The molecule has 2 rings (SSSR count).